The summed E-state index contributed by atoms with van der Waals surface area (Å²) in [6.45, 7) is 0. The number of methoxy groups -OCH3 is 1. The zero-order valence-electron chi connectivity index (χ0n) is 10.2. The van der Waals surface area contributed by atoms with Gasteiger partial charge in [-0.2, -0.15) is 13.2 Å². The molecule has 2 atom stereocenters. The Morgan fingerprint density at radius 3 is 2.65 bits per heavy atom. The molecule has 1 heterocycles. The minimum absolute atomic E-state index is 0.0597. The first-order chi connectivity index (χ1) is 9.24. The molecule has 1 aliphatic rings. The highest BCUT2D eigenvalue weighted by Crippen LogP contribution is 2.44. The van der Waals surface area contributed by atoms with Gasteiger partial charge in [0.15, 0.2) is 11.5 Å². The lowest BCUT2D eigenvalue weighted by molar-refractivity contribution is -0.217. The molecule has 110 valence electrons. The van der Waals surface area contributed by atoms with Gasteiger partial charge >= 0.3 is 12.1 Å². The van der Waals surface area contributed by atoms with Crippen LogP contribution in [0.1, 0.15) is 5.56 Å². The van der Waals surface area contributed by atoms with Crippen molar-refractivity contribution >= 4 is 21.9 Å². The molecule has 20 heavy (non-hydrogen) atoms. The van der Waals surface area contributed by atoms with Crippen LogP contribution in [0.3, 0.4) is 0 Å². The number of ether oxygens (including phenoxy) is 2. The van der Waals surface area contributed by atoms with Gasteiger partial charge in [-0.1, -0.05) is 15.9 Å². The maximum absolute atomic E-state index is 12.9. The molecule has 0 saturated heterocycles. The van der Waals surface area contributed by atoms with E-state index >= 15 is 0 Å². The molecule has 0 unspecified atom stereocenters. The van der Waals surface area contributed by atoms with Crippen LogP contribution < -0.4 is 9.47 Å². The van der Waals surface area contributed by atoms with E-state index in [-0.39, 0.29) is 17.9 Å². The van der Waals surface area contributed by atoms with E-state index in [2.05, 4.69) is 15.9 Å². The Morgan fingerprint density at radius 1 is 1.50 bits per heavy atom. The monoisotopic (exact) mass is 354 g/mol. The number of hydrogen-bond donors (Lipinski definition) is 1. The highest BCUT2D eigenvalue weighted by Gasteiger charge is 2.52. The Labute approximate surface area is 120 Å². The van der Waals surface area contributed by atoms with E-state index in [1.54, 1.807) is 0 Å². The van der Waals surface area contributed by atoms with Crippen LogP contribution in [0.15, 0.2) is 16.6 Å². The largest absolute Gasteiger partial charge is 0.493 e. The number of carboxylic acid groups (broad SMARTS) is 1. The third kappa shape index (κ3) is 2.70. The Bertz CT molecular complexity index is 544. The molecule has 8 heteroatoms. The van der Waals surface area contributed by atoms with Crippen LogP contribution in [0.5, 0.6) is 11.5 Å². The van der Waals surface area contributed by atoms with Crippen LogP contribution in [-0.4, -0.2) is 30.5 Å². The molecule has 0 bridgehead atoms. The predicted molar refractivity (Wildman–Crippen MR) is 66.0 cm³/mol. The quantitative estimate of drug-likeness (QED) is 0.886. The fourth-order valence-electron chi connectivity index (χ4n) is 2.12. The van der Waals surface area contributed by atoms with E-state index < -0.39 is 24.2 Å². The van der Waals surface area contributed by atoms with Crippen molar-refractivity contribution in [3.05, 3.63) is 22.2 Å². The van der Waals surface area contributed by atoms with E-state index in [4.69, 9.17) is 14.6 Å². The lowest BCUT2D eigenvalue weighted by Crippen LogP contribution is -2.47. The lowest BCUT2D eigenvalue weighted by atomic mass is 9.90. The number of alkyl halides is 3. The van der Waals surface area contributed by atoms with Crippen LogP contribution in [0.25, 0.3) is 0 Å². The summed E-state index contributed by atoms with van der Waals surface area (Å²) < 4.78 is 49.2. The van der Waals surface area contributed by atoms with Crippen molar-refractivity contribution in [2.45, 2.75) is 18.7 Å². The molecule has 1 aromatic rings. The van der Waals surface area contributed by atoms with Gasteiger partial charge in [0.1, 0.15) is 5.92 Å². The van der Waals surface area contributed by atoms with Gasteiger partial charge in [0.2, 0.25) is 6.10 Å². The Kier molecular flexibility index (Phi) is 3.86. The third-order valence-electron chi connectivity index (χ3n) is 3.01. The highest BCUT2D eigenvalue weighted by molar-refractivity contribution is 9.10. The van der Waals surface area contributed by atoms with E-state index in [1.807, 2.05) is 0 Å². The number of rotatable bonds is 2. The topological polar surface area (TPSA) is 55.8 Å². The zero-order chi connectivity index (χ0) is 15.1. The number of aliphatic carboxylic acids is 1. The number of carboxylic acids is 1. The zero-order valence-corrected chi connectivity index (χ0v) is 11.8. The van der Waals surface area contributed by atoms with Gasteiger partial charge in [0.25, 0.3) is 0 Å². The smallest absolute Gasteiger partial charge is 0.426 e. The molecule has 4 nitrogen and oxygen atoms in total. The molecule has 1 aromatic carbocycles. The van der Waals surface area contributed by atoms with Crippen LogP contribution >= 0.6 is 15.9 Å². The van der Waals surface area contributed by atoms with E-state index in [0.717, 1.165) is 0 Å². The van der Waals surface area contributed by atoms with Crippen molar-refractivity contribution in [2.24, 2.45) is 5.92 Å². The summed E-state index contributed by atoms with van der Waals surface area (Å²) in [5, 5.41) is 8.97. The summed E-state index contributed by atoms with van der Waals surface area (Å²) in [7, 11) is 1.30. The summed E-state index contributed by atoms with van der Waals surface area (Å²) in [5.74, 6) is -3.15. The van der Waals surface area contributed by atoms with Gasteiger partial charge in [-0.25, -0.2) is 0 Å². The normalized spacial score (nSPS) is 21.9. The highest BCUT2D eigenvalue weighted by atomic mass is 79.9. The van der Waals surface area contributed by atoms with Crippen molar-refractivity contribution in [3.63, 3.8) is 0 Å². The van der Waals surface area contributed by atoms with E-state index in [0.29, 0.717) is 10.0 Å². The van der Waals surface area contributed by atoms with Crippen LogP contribution in [-0.2, 0) is 11.2 Å². The minimum Gasteiger partial charge on any atom is -0.493 e. The molecular formula is C12H10BrF3O4. The van der Waals surface area contributed by atoms with Gasteiger partial charge in [-0.3, -0.25) is 4.79 Å². The molecule has 0 radical (unpaired) electrons. The van der Waals surface area contributed by atoms with Gasteiger partial charge in [0, 0.05) is 10.0 Å². The predicted octanol–water partition coefficient (Wildman–Crippen LogP) is 3.02. The third-order valence-corrected chi connectivity index (χ3v) is 3.46. The molecule has 0 aromatic heterocycles. The number of fused-ring (bicyclic) bond motifs is 1. The van der Waals surface area contributed by atoms with Crippen molar-refractivity contribution in [1.82, 2.24) is 0 Å². The summed E-state index contributed by atoms with van der Waals surface area (Å²) >= 11 is 3.19. The summed E-state index contributed by atoms with van der Waals surface area (Å²) in [5.41, 5.74) is 0.365. The molecule has 0 amide bonds. The molecule has 1 N–H and O–H groups in total. The summed E-state index contributed by atoms with van der Waals surface area (Å²) in [6.07, 6.45) is -7.42. The molecule has 2 rings (SSSR count). The Hall–Kier alpha value is -1.44. The number of hydrogen-bond acceptors (Lipinski definition) is 3. The first-order valence-electron chi connectivity index (χ1n) is 5.56. The fraction of sp³-hybridized carbons (Fsp3) is 0.417. The van der Waals surface area contributed by atoms with E-state index in [9.17, 15) is 18.0 Å². The van der Waals surface area contributed by atoms with Crippen LogP contribution in [0.2, 0.25) is 0 Å². The van der Waals surface area contributed by atoms with Crippen molar-refractivity contribution < 1.29 is 32.5 Å². The minimum atomic E-state index is -4.77. The van der Waals surface area contributed by atoms with Crippen molar-refractivity contribution in [1.29, 1.82) is 0 Å². The van der Waals surface area contributed by atoms with Gasteiger partial charge in [-0.15, -0.1) is 0 Å². The molecular weight excluding hydrogens is 345 g/mol. The van der Waals surface area contributed by atoms with Gasteiger partial charge in [-0.05, 0) is 18.6 Å². The van der Waals surface area contributed by atoms with Gasteiger partial charge in [0.05, 0.1) is 7.11 Å². The first-order valence-corrected chi connectivity index (χ1v) is 6.36. The fourth-order valence-corrected chi connectivity index (χ4v) is 2.61. The van der Waals surface area contributed by atoms with Crippen molar-refractivity contribution in [3.8, 4) is 11.5 Å². The second-order valence-electron chi connectivity index (χ2n) is 4.33. The van der Waals surface area contributed by atoms with Gasteiger partial charge < -0.3 is 14.6 Å². The summed E-state index contributed by atoms with van der Waals surface area (Å²) in [6, 6.07) is 2.99. The maximum atomic E-state index is 12.9. The van der Waals surface area contributed by atoms with Crippen LogP contribution in [0.4, 0.5) is 13.2 Å². The van der Waals surface area contributed by atoms with E-state index in [1.165, 1.54) is 19.2 Å². The second kappa shape index (κ2) is 5.16. The maximum Gasteiger partial charge on any atom is 0.426 e. The Balaban J connectivity index is 2.50. The number of halogens is 4. The average molecular weight is 355 g/mol. The average Bonchev–Trinajstić information content (AvgIpc) is 2.34. The molecule has 0 spiro atoms. The Morgan fingerprint density at radius 2 is 2.15 bits per heavy atom. The second-order valence-corrected chi connectivity index (χ2v) is 5.24. The standard InChI is InChI=1S/C12H10BrF3O4/c1-19-8-4-6(13)2-5-3-7(11(17)18)10(12(14,15)16)20-9(5)8/h2,4,7,10H,3H2,1H3,(H,17,18)/t7-,10+/m1/s1. The molecule has 0 saturated carbocycles. The number of carbonyl (C=O) groups is 1. The lowest BCUT2D eigenvalue weighted by Gasteiger charge is -2.33. The molecule has 0 aliphatic carbocycles. The number of benzene rings is 1. The van der Waals surface area contributed by atoms with Crippen molar-refractivity contribution in [2.75, 3.05) is 7.11 Å². The first kappa shape index (κ1) is 15.0. The SMILES string of the molecule is COc1cc(Br)cc2c1O[C@H](C(F)(F)F)[C@H](C(=O)O)C2. The summed E-state index contributed by atoms with van der Waals surface area (Å²) in [4.78, 5) is 11.0. The molecule has 0 fully saturated rings. The van der Waals surface area contributed by atoms with Crippen LogP contribution in [0, 0.1) is 5.92 Å². The molecule has 1 aliphatic heterocycles.